The summed E-state index contributed by atoms with van der Waals surface area (Å²) < 4.78 is 6.88. The highest BCUT2D eigenvalue weighted by molar-refractivity contribution is 9.11. The summed E-state index contributed by atoms with van der Waals surface area (Å²) in [5.74, 6) is 0.441. The van der Waals surface area contributed by atoms with E-state index >= 15 is 0 Å². The highest BCUT2D eigenvalue weighted by Crippen LogP contribution is 2.25. The van der Waals surface area contributed by atoms with E-state index in [4.69, 9.17) is 4.74 Å². The van der Waals surface area contributed by atoms with Gasteiger partial charge in [-0.1, -0.05) is 44.0 Å². The van der Waals surface area contributed by atoms with E-state index in [2.05, 4.69) is 37.2 Å². The average molecular weight is 385 g/mol. The summed E-state index contributed by atoms with van der Waals surface area (Å²) >= 11 is 6.72. The van der Waals surface area contributed by atoms with Crippen molar-refractivity contribution in [1.29, 1.82) is 0 Å². The van der Waals surface area contributed by atoms with Crippen molar-refractivity contribution in [3.63, 3.8) is 0 Å². The van der Waals surface area contributed by atoms with Crippen molar-refractivity contribution in [3.05, 3.63) is 57.0 Å². The van der Waals surface area contributed by atoms with Crippen LogP contribution in [0.1, 0.15) is 10.4 Å². The summed E-state index contributed by atoms with van der Waals surface area (Å²) in [5.41, 5.74) is 1.21. The molecule has 0 radical (unpaired) electrons. The number of nitrogens with one attached hydrogen (secondary N) is 1. The van der Waals surface area contributed by atoms with Crippen molar-refractivity contribution in [1.82, 2.24) is 0 Å². The lowest BCUT2D eigenvalue weighted by Crippen LogP contribution is -2.12. The van der Waals surface area contributed by atoms with E-state index in [9.17, 15) is 4.79 Å². The maximum Gasteiger partial charge on any atom is 0.255 e. The minimum Gasteiger partial charge on any atom is -0.495 e. The van der Waals surface area contributed by atoms with Gasteiger partial charge >= 0.3 is 0 Å². The molecule has 2 aromatic carbocycles. The smallest absolute Gasteiger partial charge is 0.255 e. The van der Waals surface area contributed by atoms with Gasteiger partial charge in [-0.2, -0.15) is 0 Å². The van der Waals surface area contributed by atoms with Gasteiger partial charge in [0.1, 0.15) is 5.75 Å². The molecule has 2 aromatic rings. The van der Waals surface area contributed by atoms with Crippen molar-refractivity contribution >= 4 is 43.5 Å². The van der Waals surface area contributed by atoms with Gasteiger partial charge in [-0.05, 0) is 30.3 Å². The number of halogens is 2. The minimum absolute atomic E-state index is 0.188. The molecule has 19 heavy (non-hydrogen) atoms. The zero-order valence-corrected chi connectivity index (χ0v) is 13.3. The van der Waals surface area contributed by atoms with Gasteiger partial charge in [0.15, 0.2) is 0 Å². The molecule has 0 saturated heterocycles. The third-order valence-electron chi connectivity index (χ3n) is 2.48. The van der Waals surface area contributed by atoms with Gasteiger partial charge in [-0.3, -0.25) is 4.79 Å². The first-order valence-corrected chi connectivity index (χ1v) is 7.09. The molecule has 0 saturated carbocycles. The van der Waals surface area contributed by atoms with Crippen LogP contribution >= 0.6 is 31.9 Å². The second-order valence-electron chi connectivity index (χ2n) is 3.81. The molecule has 5 heteroatoms. The number of carbonyl (C=O) groups is 1. The van der Waals surface area contributed by atoms with Crippen LogP contribution in [-0.2, 0) is 0 Å². The van der Waals surface area contributed by atoms with Crippen LogP contribution in [-0.4, -0.2) is 13.0 Å². The van der Waals surface area contributed by atoms with Crippen molar-refractivity contribution in [2.45, 2.75) is 0 Å². The summed E-state index contributed by atoms with van der Waals surface area (Å²) in [7, 11) is 1.57. The number of para-hydroxylation sites is 2. The maximum absolute atomic E-state index is 12.2. The number of rotatable bonds is 3. The van der Waals surface area contributed by atoms with Crippen molar-refractivity contribution < 1.29 is 9.53 Å². The predicted octanol–water partition coefficient (Wildman–Crippen LogP) is 4.47. The molecule has 0 unspecified atom stereocenters. The second-order valence-corrected chi connectivity index (χ2v) is 5.64. The first kappa shape index (κ1) is 14.1. The van der Waals surface area contributed by atoms with Crippen LogP contribution in [0.15, 0.2) is 51.4 Å². The average Bonchev–Trinajstić information content (AvgIpc) is 2.38. The Bertz CT molecular complexity index is 594. The molecule has 0 aliphatic rings. The SMILES string of the molecule is COc1ccccc1NC(=O)c1cc(Br)cc(Br)c1. The van der Waals surface area contributed by atoms with Crippen LogP contribution in [0.3, 0.4) is 0 Å². The Kier molecular flexibility index (Phi) is 4.61. The standard InChI is InChI=1S/C14H11Br2NO2/c1-19-13-5-3-2-4-12(13)17-14(18)9-6-10(15)8-11(16)7-9/h2-8H,1H3,(H,17,18). The first-order valence-electron chi connectivity index (χ1n) is 5.50. The molecule has 98 valence electrons. The molecule has 1 amide bonds. The third kappa shape index (κ3) is 3.58. The normalized spacial score (nSPS) is 10.1. The Morgan fingerprint density at radius 3 is 2.37 bits per heavy atom. The van der Waals surface area contributed by atoms with Gasteiger partial charge < -0.3 is 10.1 Å². The molecule has 0 aliphatic heterocycles. The van der Waals surface area contributed by atoms with E-state index in [1.54, 1.807) is 31.4 Å². The van der Waals surface area contributed by atoms with E-state index < -0.39 is 0 Å². The Labute approximate surface area is 128 Å². The van der Waals surface area contributed by atoms with Gasteiger partial charge in [-0.25, -0.2) is 0 Å². The minimum atomic E-state index is -0.188. The molecule has 0 aromatic heterocycles. The fourth-order valence-corrected chi connectivity index (χ4v) is 2.92. The fraction of sp³-hybridized carbons (Fsp3) is 0.0714. The summed E-state index contributed by atoms with van der Waals surface area (Å²) in [6.45, 7) is 0. The lowest BCUT2D eigenvalue weighted by Gasteiger charge is -2.10. The van der Waals surface area contributed by atoms with Crippen LogP contribution in [0.25, 0.3) is 0 Å². The van der Waals surface area contributed by atoms with E-state index in [0.29, 0.717) is 17.0 Å². The van der Waals surface area contributed by atoms with Gasteiger partial charge in [0.05, 0.1) is 12.8 Å². The zero-order valence-electron chi connectivity index (χ0n) is 10.1. The van der Waals surface area contributed by atoms with Gasteiger partial charge in [0.2, 0.25) is 0 Å². The fourth-order valence-electron chi connectivity index (χ4n) is 1.63. The molecule has 2 rings (SSSR count). The quantitative estimate of drug-likeness (QED) is 0.847. The number of hydrogen-bond donors (Lipinski definition) is 1. The van der Waals surface area contributed by atoms with Crippen molar-refractivity contribution in [2.24, 2.45) is 0 Å². The van der Waals surface area contributed by atoms with Crippen molar-refractivity contribution in [2.75, 3.05) is 12.4 Å². The topological polar surface area (TPSA) is 38.3 Å². The number of ether oxygens (including phenoxy) is 1. The predicted molar refractivity (Wildman–Crippen MR) is 82.8 cm³/mol. The van der Waals surface area contributed by atoms with E-state index in [1.165, 1.54) is 0 Å². The number of hydrogen-bond acceptors (Lipinski definition) is 2. The number of benzene rings is 2. The third-order valence-corrected chi connectivity index (χ3v) is 3.40. The van der Waals surface area contributed by atoms with Crippen LogP contribution in [0.5, 0.6) is 5.75 Å². The van der Waals surface area contributed by atoms with Gasteiger partial charge in [-0.15, -0.1) is 0 Å². The van der Waals surface area contributed by atoms with Crippen molar-refractivity contribution in [3.8, 4) is 5.75 Å². The Morgan fingerprint density at radius 1 is 1.11 bits per heavy atom. The number of carbonyl (C=O) groups excluding carboxylic acids is 1. The maximum atomic E-state index is 12.2. The molecule has 0 fully saturated rings. The van der Waals surface area contributed by atoms with E-state index in [-0.39, 0.29) is 5.91 Å². The number of anilines is 1. The summed E-state index contributed by atoms with van der Waals surface area (Å²) in [6, 6.07) is 12.7. The van der Waals surface area contributed by atoms with E-state index in [0.717, 1.165) is 8.95 Å². The largest absolute Gasteiger partial charge is 0.495 e. The lowest BCUT2D eigenvalue weighted by molar-refractivity contribution is 0.102. The number of methoxy groups -OCH3 is 1. The van der Waals surface area contributed by atoms with Gasteiger partial charge in [0, 0.05) is 14.5 Å². The first-order chi connectivity index (χ1) is 9.10. The summed E-state index contributed by atoms with van der Waals surface area (Å²) in [6.07, 6.45) is 0. The monoisotopic (exact) mass is 383 g/mol. The van der Waals surface area contributed by atoms with Crippen LogP contribution in [0.2, 0.25) is 0 Å². The summed E-state index contributed by atoms with van der Waals surface area (Å²) in [4.78, 5) is 12.2. The lowest BCUT2D eigenvalue weighted by atomic mass is 10.2. The van der Waals surface area contributed by atoms with E-state index in [1.807, 2.05) is 18.2 Å². The Balaban J connectivity index is 2.25. The molecule has 1 N–H and O–H groups in total. The Hall–Kier alpha value is -1.33. The highest BCUT2D eigenvalue weighted by Gasteiger charge is 2.10. The second kappa shape index (κ2) is 6.21. The highest BCUT2D eigenvalue weighted by atomic mass is 79.9. The molecule has 0 bridgehead atoms. The molecule has 0 aliphatic carbocycles. The molecule has 0 heterocycles. The van der Waals surface area contributed by atoms with Crippen LogP contribution in [0.4, 0.5) is 5.69 Å². The molecule has 3 nitrogen and oxygen atoms in total. The molecule has 0 atom stereocenters. The zero-order chi connectivity index (χ0) is 13.8. The van der Waals surface area contributed by atoms with Gasteiger partial charge in [0.25, 0.3) is 5.91 Å². The Morgan fingerprint density at radius 2 is 1.74 bits per heavy atom. The molecular formula is C14H11Br2NO2. The number of amides is 1. The molecule has 0 spiro atoms. The van der Waals surface area contributed by atoms with Crippen LogP contribution < -0.4 is 10.1 Å². The van der Waals surface area contributed by atoms with Crippen LogP contribution in [0, 0.1) is 0 Å². The summed E-state index contributed by atoms with van der Waals surface area (Å²) in [5, 5.41) is 2.83. The molecular weight excluding hydrogens is 374 g/mol.